The van der Waals surface area contributed by atoms with Crippen molar-refractivity contribution >= 4 is 23.6 Å². The van der Waals surface area contributed by atoms with Gasteiger partial charge in [-0.15, -0.1) is 0 Å². The third-order valence-corrected chi connectivity index (χ3v) is 6.10. The first kappa shape index (κ1) is 15.7. The Balaban J connectivity index is 2.22. The summed E-state index contributed by atoms with van der Waals surface area (Å²) in [6, 6.07) is -0.647. The Hall–Kier alpha value is -0.710. The monoisotopic (exact) mass is 298 g/mol. The van der Waals surface area contributed by atoms with E-state index in [1.54, 1.807) is 0 Å². The van der Waals surface area contributed by atoms with Crippen molar-refractivity contribution in [1.82, 2.24) is 10.2 Å². The van der Waals surface area contributed by atoms with Crippen molar-refractivity contribution in [3.05, 3.63) is 0 Å². The van der Waals surface area contributed by atoms with Crippen LogP contribution in [0, 0.1) is 5.92 Å². The number of nitrogens with one attached hydrogen (secondary N) is 1. The van der Waals surface area contributed by atoms with Crippen molar-refractivity contribution in [1.29, 1.82) is 0 Å². The molecule has 0 spiro atoms. The van der Waals surface area contributed by atoms with E-state index >= 15 is 0 Å². The van der Waals surface area contributed by atoms with E-state index in [0.29, 0.717) is 6.42 Å². The van der Waals surface area contributed by atoms with Crippen molar-refractivity contribution in [2.45, 2.75) is 63.3 Å². The number of carbonyl (C=O) groups is 2. The molecule has 2 aliphatic rings. The maximum absolute atomic E-state index is 12.7. The van der Waals surface area contributed by atoms with Crippen molar-refractivity contribution in [2.75, 3.05) is 12.8 Å². The smallest absolute Gasteiger partial charge is 0.245 e. The minimum atomic E-state index is -0.337. The summed E-state index contributed by atoms with van der Waals surface area (Å²) in [7, 11) is 0. The second kappa shape index (κ2) is 5.96. The summed E-state index contributed by atoms with van der Waals surface area (Å²) in [6.45, 7) is 6.71. The molecule has 2 atom stereocenters. The fourth-order valence-corrected chi connectivity index (χ4v) is 4.19. The van der Waals surface area contributed by atoms with Crippen molar-refractivity contribution < 1.29 is 9.59 Å². The Bertz CT molecular complexity index is 388. The highest BCUT2D eigenvalue weighted by molar-refractivity contribution is 8.00. The van der Waals surface area contributed by atoms with Gasteiger partial charge in [-0.1, -0.05) is 27.2 Å². The normalized spacial score (nSPS) is 29.4. The highest BCUT2D eigenvalue weighted by Gasteiger charge is 2.46. The molecule has 2 unspecified atom stereocenters. The van der Waals surface area contributed by atoms with Crippen LogP contribution in [0.5, 0.6) is 0 Å². The molecule has 114 valence electrons. The van der Waals surface area contributed by atoms with Crippen molar-refractivity contribution in [3.8, 4) is 0 Å². The number of hydrogen-bond acceptors (Lipinski definition) is 3. The third-order valence-electron chi connectivity index (χ3n) is 4.70. The van der Waals surface area contributed by atoms with Gasteiger partial charge in [0.05, 0.1) is 0 Å². The fourth-order valence-electron chi connectivity index (χ4n) is 3.22. The molecular formula is C15H26N2O2S. The van der Waals surface area contributed by atoms with Crippen LogP contribution >= 0.6 is 11.8 Å². The van der Waals surface area contributed by atoms with E-state index in [1.165, 1.54) is 6.42 Å². The zero-order valence-corrected chi connectivity index (χ0v) is 13.8. The molecule has 4 nitrogen and oxygen atoms in total. The van der Waals surface area contributed by atoms with Gasteiger partial charge in [0.15, 0.2) is 0 Å². The van der Waals surface area contributed by atoms with Crippen LogP contribution in [0.2, 0.25) is 0 Å². The highest BCUT2D eigenvalue weighted by Crippen LogP contribution is 2.44. The SMILES string of the molecule is CCC1NC(=O)C(C(C)C)N(CC2(SC)CCC2)C1=O. The van der Waals surface area contributed by atoms with Crippen LogP contribution in [0.3, 0.4) is 0 Å². The Morgan fingerprint density at radius 3 is 2.45 bits per heavy atom. The molecule has 0 aromatic carbocycles. The van der Waals surface area contributed by atoms with Crippen LogP contribution < -0.4 is 5.32 Å². The van der Waals surface area contributed by atoms with E-state index in [4.69, 9.17) is 0 Å². The van der Waals surface area contributed by atoms with Crippen LogP contribution in [0.1, 0.15) is 46.5 Å². The Morgan fingerprint density at radius 1 is 1.40 bits per heavy atom. The molecule has 0 radical (unpaired) electrons. The predicted molar refractivity (Wildman–Crippen MR) is 82.7 cm³/mol. The number of amides is 2. The minimum absolute atomic E-state index is 0.0158. The summed E-state index contributed by atoms with van der Waals surface area (Å²) in [5.41, 5.74) is 0. The zero-order chi connectivity index (χ0) is 14.9. The van der Waals surface area contributed by atoms with E-state index in [1.807, 2.05) is 37.4 Å². The van der Waals surface area contributed by atoms with E-state index < -0.39 is 0 Å². The van der Waals surface area contributed by atoms with E-state index in [-0.39, 0.29) is 34.6 Å². The van der Waals surface area contributed by atoms with Gasteiger partial charge in [-0.05, 0) is 31.4 Å². The van der Waals surface area contributed by atoms with E-state index in [0.717, 1.165) is 19.4 Å². The molecule has 2 fully saturated rings. The van der Waals surface area contributed by atoms with E-state index in [2.05, 4.69) is 11.6 Å². The number of rotatable bonds is 5. The van der Waals surface area contributed by atoms with Gasteiger partial charge in [0.2, 0.25) is 11.8 Å². The number of thioether (sulfide) groups is 1. The lowest BCUT2D eigenvalue weighted by Crippen LogP contribution is -2.67. The van der Waals surface area contributed by atoms with Gasteiger partial charge in [-0.2, -0.15) is 11.8 Å². The first-order valence-corrected chi connectivity index (χ1v) is 8.82. The maximum atomic E-state index is 12.7. The molecule has 0 aromatic rings. The van der Waals surface area contributed by atoms with E-state index in [9.17, 15) is 9.59 Å². The lowest BCUT2D eigenvalue weighted by Gasteiger charge is -2.48. The topological polar surface area (TPSA) is 49.4 Å². The van der Waals surface area contributed by atoms with Gasteiger partial charge in [0.1, 0.15) is 12.1 Å². The lowest BCUT2D eigenvalue weighted by molar-refractivity contribution is -0.152. The zero-order valence-electron chi connectivity index (χ0n) is 12.9. The molecular weight excluding hydrogens is 272 g/mol. The summed E-state index contributed by atoms with van der Waals surface area (Å²) >= 11 is 1.85. The molecule has 1 aliphatic carbocycles. The Kier molecular flexibility index (Phi) is 4.67. The first-order valence-electron chi connectivity index (χ1n) is 7.60. The second-order valence-electron chi connectivity index (χ2n) is 6.37. The molecule has 1 N–H and O–H groups in total. The third kappa shape index (κ3) is 2.69. The standard InChI is InChI=1S/C15H26N2O2S/c1-5-11-14(19)17(9-15(20-4)7-6-8-15)12(10(2)3)13(18)16-11/h10-12H,5-9H2,1-4H3,(H,16,18). The van der Waals surface area contributed by atoms with Gasteiger partial charge in [-0.25, -0.2) is 0 Å². The molecule has 0 aromatic heterocycles. The van der Waals surface area contributed by atoms with Gasteiger partial charge in [0, 0.05) is 11.3 Å². The van der Waals surface area contributed by atoms with Gasteiger partial charge < -0.3 is 10.2 Å². The number of carbonyl (C=O) groups excluding carboxylic acids is 2. The summed E-state index contributed by atoms with van der Waals surface area (Å²) in [6.07, 6.45) is 6.33. The second-order valence-corrected chi connectivity index (χ2v) is 7.64. The summed E-state index contributed by atoms with van der Waals surface area (Å²) < 4.78 is 0.179. The largest absolute Gasteiger partial charge is 0.343 e. The predicted octanol–water partition coefficient (Wildman–Crippen LogP) is 2.03. The van der Waals surface area contributed by atoms with Crippen molar-refractivity contribution in [3.63, 3.8) is 0 Å². The summed E-state index contributed by atoms with van der Waals surface area (Å²) in [4.78, 5) is 26.9. The quantitative estimate of drug-likeness (QED) is 0.845. The first-order chi connectivity index (χ1) is 9.44. The summed E-state index contributed by atoms with van der Waals surface area (Å²) in [5.74, 6) is 0.267. The van der Waals surface area contributed by atoms with Gasteiger partial charge in [0.25, 0.3) is 0 Å². The van der Waals surface area contributed by atoms with Crippen LogP contribution in [-0.2, 0) is 9.59 Å². The molecule has 20 heavy (non-hydrogen) atoms. The van der Waals surface area contributed by atoms with Gasteiger partial charge in [-0.3, -0.25) is 9.59 Å². The molecule has 1 saturated carbocycles. The Labute approximate surface area is 126 Å². The number of nitrogens with zero attached hydrogens (tertiary/aromatic N) is 1. The molecule has 1 aliphatic heterocycles. The maximum Gasteiger partial charge on any atom is 0.245 e. The van der Waals surface area contributed by atoms with Crippen LogP contribution in [0.15, 0.2) is 0 Å². The average Bonchev–Trinajstić information content (AvgIpc) is 2.36. The highest BCUT2D eigenvalue weighted by atomic mass is 32.2. The van der Waals surface area contributed by atoms with Crippen LogP contribution in [0.4, 0.5) is 0 Å². The fraction of sp³-hybridized carbons (Fsp3) is 0.867. The average molecular weight is 298 g/mol. The molecule has 2 amide bonds. The minimum Gasteiger partial charge on any atom is -0.343 e. The van der Waals surface area contributed by atoms with Crippen LogP contribution in [-0.4, -0.2) is 46.3 Å². The molecule has 1 saturated heterocycles. The lowest BCUT2D eigenvalue weighted by atomic mass is 9.82. The molecule has 1 heterocycles. The van der Waals surface area contributed by atoms with Crippen LogP contribution in [0.25, 0.3) is 0 Å². The molecule has 0 bridgehead atoms. The van der Waals surface area contributed by atoms with Gasteiger partial charge >= 0.3 is 0 Å². The number of piperazine rings is 1. The van der Waals surface area contributed by atoms with Crippen molar-refractivity contribution in [2.24, 2.45) is 5.92 Å². The molecule has 5 heteroatoms. The summed E-state index contributed by atoms with van der Waals surface area (Å²) in [5, 5.41) is 2.88. The molecule has 2 rings (SSSR count). The Morgan fingerprint density at radius 2 is 2.05 bits per heavy atom. The number of hydrogen-bond donors (Lipinski definition) is 1.